The van der Waals surface area contributed by atoms with Gasteiger partial charge in [0.05, 0.1) is 5.02 Å². The lowest BCUT2D eigenvalue weighted by molar-refractivity contribution is 0.626. The van der Waals surface area contributed by atoms with E-state index in [2.05, 4.69) is 27.9 Å². The van der Waals surface area contributed by atoms with Gasteiger partial charge in [0.25, 0.3) is 0 Å². The first-order valence-electron chi connectivity index (χ1n) is 5.09. The molecule has 2 aromatic carbocycles. The molecule has 88 valence electrons. The van der Waals surface area contributed by atoms with Gasteiger partial charge in [0.15, 0.2) is 0 Å². The molecule has 0 saturated heterocycles. The summed E-state index contributed by atoms with van der Waals surface area (Å²) in [5.74, 6) is -0.381. The van der Waals surface area contributed by atoms with Gasteiger partial charge >= 0.3 is 0 Å². The predicted molar refractivity (Wildman–Crippen MR) is 77.9 cm³/mol. The van der Waals surface area contributed by atoms with E-state index in [0.717, 1.165) is 14.8 Å². The minimum atomic E-state index is -0.381. The monoisotopic (exact) mass is 361 g/mol. The summed E-state index contributed by atoms with van der Waals surface area (Å²) in [5.41, 5.74) is 1.91. The Balaban J connectivity index is 2.08. The minimum absolute atomic E-state index is 0.156. The molecule has 0 aliphatic heterocycles. The average Bonchev–Trinajstić information content (AvgIpc) is 2.32. The maximum Gasteiger partial charge on any atom is 0.142 e. The van der Waals surface area contributed by atoms with E-state index in [1.54, 1.807) is 6.07 Å². The molecule has 0 aromatic heterocycles. The van der Waals surface area contributed by atoms with E-state index < -0.39 is 0 Å². The van der Waals surface area contributed by atoms with Crippen LogP contribution in [0.5, 0.6) is 0 Å². The number of benzene rings is 2. The van der Waals surface area contributed by atoms with Crippen LogP contribution in [0.2, 0.25) is 5.02 Å². The van der Waals surface area contributed by atoms with Crippen molar-refractivity contribution >= 4 is 39.9 Å². The van der Waals surface area contributed by atoms with Gasteiger partial charge in [-0.15, -0.1) is 0 Å². The van der Waals surface area contributed by atoms with Crippen molar-refractivity contribution in [1.29, 1.82) is 0 Å². The fourth-order valence-corrected chi connectivity index (χ4v) is 2.15. The van der Waals surface area contributed by atoms with Crippen molar-refractivity contribution in [3.63, 3.8) is 0 Å². The molecule has 0 atom stereocenters. The van der Waals surface area contributed by atoms with Crippen LogP contribution in [0.1, 0.15) is 5.56 Å². The number of nitrogens with one attached hydrogen (secondary N) is 1. The van der Waals surface area contributed by atoms with Crippen LogP contribution >= 0.6 is 34.2 Å². The number of hydrogen-bond acceptors (Lipinski definition) is 1. The Morgan fingerprint density at radius 2 is 1.94 bits per heavy atom. The lowest BCUT2D eigenvalue weighted by atomic mass is 10.2. The Hall–Kier alpha value is -0.810. The molecule has 0 amide bonds. The number of hydrogen-bond donors (Lipinski definition) is 1. The van der Waals surface area contributed by atoms with Crippen molar-refractivity contribution in [1.82, 2.24) is 0 Å². The van der Waals surface area contributed by atoms with Crippen molar-refractivity contribution < 1.29 is 4.39 Å². The van der Waals surface area contributed by atoms with Gasteiger partial charge in [-0.25, -0.2) is 4.39 Å². The molecule has 0 bridgehead atoms. The number of halogens is 3. The zero-order valence-corrected chi connectivity index (χ0v) is 11.8. The van der Waals surface area contributed by atoms with E-state index in [1.807, 2.05) is 30.3 Å². The van der Waals surface area contributed by atoms with Gasteiger partial charge in [0.1, 0.15) is 5.82 Å². The van der Waals surface area contributed by atoms with E-state index >= 15 is 0 Å². The van der Waals surface area contributed by atoms with Crippen LogP contribution in [0.15, 0.2) is 42.5 Å². The van der Waals surface area contributed by atoms with Gasteiger partial charge in [-0.2, -0.15) is 0 Å². The summed E-state index contributed by atoms with van der Waals surface area (Å²) in [6.45, 7) is 0.577. The normalized spacial score (nSPS) is 10.3. The second kappa shape index (κ2) is 5.69. The van der Waals surface area contributed by atoms with Crippen LogP contribution < -0.4 is 5.32 Å². The highest BCUT2D eigenvalue weighted by atomic mass is 127. The average molecular weight is 362 g/mol. The molecule has 0 heterocycles. The third-order valence-corrected chi connectivity index (χ3v) is 3.59. The predicted octanol–water partition coefficient (Wildman–Crippen LogP) is 4.70. The molecule has 0 aliphatic rings. The molecule has 17 heavy (non-hydrogen) atoms. The molecule has 0 spiro atoms. The van der Waals surface area contributed by atoms with Crippen LogP contribution in [0, 0.1) is 9.39 Å². The molecule has 0 radical (unpaired) electrons. The SMILES string of the molecule is Fc1cc(CNc2ccccc2I)ccc1Cl. The van der Waals surface area contributed by atoms with Gasteiger partial charge in [0, 0.05) is 15.8 Å². The largest absolute Gasteiger partial charge is 0.380 e. The zero-order valence-electron chi connectivity index (χ0n) is 8.88. The highest BCUT2D eigenvalue weighted by Crippen LogP contribution is 2.19. The summed E-state index contributed by atoms with van der Waals surface area (Å²) in [6, 6.07) is 12.8. The fraction of sp³-hybridized carbons (Fsp3) is 0.0769. The highest BCUT2D eigenvalue weighted by Gasteiger charge is 2.02. The summed E-state index contributed by atoms with van der Waals surface area (Å²) in [5, 5.41) is 3.41. The first kappa shape index (κ1) is 12.6. The molecule has 0 fully saturated rings. The second-order valence-corrected chi connectivity index (χ2v) is 5.15. The van der Waals surface area contributed by atoms with E-state index in [0.29, 0.717) is 6.54 Å². The summed E-state index contributed by atoms with van der Waals surface area (Å²) in [7, 11) is 0. The molecule has 0 aliphatic carbocycles. The van der Waals surface area contributed by atoms with Crippen molar-refractivity contribution in [2.75, 3.05) is 5.32 Å². The Kier molecular flexibility index (Phi) is 4.23. The molecular weight excluding hydrogens is 352 g/mol. The number of anilines is 1. The second-order valence-electron chi connectivity index (χ2n) is 3.58. The number of rotatable bonds is 3. The molecule has 1 nitrogen and oxygen atoms in total. The van der Waals surface area contributed by atoms with Crippen LogP contribution in [0.4, 0.5) is 10.1 Å². The summed E-state index contributed by atoms with van der Waals surface area (Å²) in [4.78, 5) is 0. The maximum absolute atomic E-state index is 13.2. The van der Waals surface area contributed by atoms with Crippen LogP contribution in [0.25, 0.3) is 0 Å². The summed E-state index contributed by atoms with van der Waals surface area (Å²) >= 11 is 7.88. The Bertz CT molecular complexity index is 531. The third kappa shape index (κ3) is 3.33. The van der Waals surface area contributed by atoms with E-state index in [4.69, 9.17) is 11.6 Å². The topological polar surface area (TPSA) is 12.0 Å². The van der Waals surface area contributed by atoms with Crippen LogP contribution in [-0.2, 0) is 6.54 Å². The molecule has 1 N–H and O–H groups in total. The first-order chi connectivity index (χ1) is 8.16. The Labute approximate surface area is 118 Å². The van der Waals surface area contributed by atoms with Crippen molar-refractivity contribution in [2.45, 2.75) is 6.54 Å². The van der Waals surface area contributed by atoms with E-state index in [9.17, 15) is 4.39 Å². The van der Waals surface area contributed by atoms with Crippen LogP contribution in [0.3, 0.4) is 0 Å². The molecule has 4 heteroatoms. The molecule has 0 saturated carbocycles. The Morgan fingerprint density at radius 3 is 2.65 bits per heavy atom. The summed E-state index contributed by atoms with van der Waals surface area (Å²) < 4.78 is 14.4. The molecule has 2 rings (SSSR count). The molecular formula is C13H10ClFIN. The van der Waals surface area contributed by atoms with Crippen molar-refractivity contribution in [3.8, 4) is 0 Å². The lowest BCUT2D eigenvalue weighted by Gasteiger charge is -2.08. The molecule has 0 unspecified atom stereocenters. The smallest absolute Gasteiger partial charge is 0.142 e. The summed E-state index contributed by atoms with van der Waals surface area (Å²) in [6.07, 6.45) is 0. The van der Waals surface area contributed by atoms with Gasteiger partial charge < -0.3 is 5.32 Å². The lowest BCUT2D eigenvalue weighted by Crippen LogP contribution is -2.01. The molecule has 2 aromatic rings. The first-order valence-corrected chi connectivity index (χ1v) is 6.55. The number of para-hydroxylation sites is 1. The Morgan fingerprint density at radius 1 is 1.18 bits per heavy atom. The fourth-order valence-electron chi connectivity index (χ4n) is 1.45. The van der Waals surface area contributed by atoms with Crippen LogP contribution in [-0.4, -0.2) is 0 Å². The van der Waals surface area contributed by atoms with E-state index in [-0.39, 0.29) is 10.8 Å². The highest BCUT2D eigenvalue weighted by molar-refractivity contribution is 14.1. The van der Waals surface area contributed by atoms with Gasteiger partial charge in [0.2, 0.25) is 0 Å². The minimum Gasteiger partial charge on any atom is -0.380 e. The third-order valence-electron chi connectivity index (χ3n) is 2.34. The van der Waals surface area contributed by atoms with Gasteiger partial charge in [-0.3, -0.25) is 0 Å². The standard InChI is InChI=1S/C13H10ClFIN/c14-10-6-5-9(7-11(10)15)8-17-13-4-2-1-3-12(13)16/h1-7,17H,8H2. The quantitative estimate of drug-likeness (QED) is 0.782. The zero-order chi connectivity index (χ0) is 12.3. The van der Waals surface area contributed by atoms with Crippen molar-refractivity contribution in [2.24, 2.45) is 0 Å². The van der Waals surface area contributed by atoms with Gasteiger partial charge in [-0.1, -0.05) is 29.8 Å². The van der Waals surface area contributed by atoms with Crippen molar-refractivity contribution in [3.05, 3.63) is 62.4 Å². The van der Waals surface area contributed by atoms with Gasteiger partial charge in [-0.05, 0) is 52.4 Å². The maximum atomic E-state index is 13.2. The van der Waals surface area contributed by atoms with E-state index in [1.165, 1.54) is 6.07 Å².